The van der Waals surface area contributed by atoms with Crippen LogP contribution in [0.1, 0.15) is 51.6 Å². The van der Waals surface area contributed by atoms with Gasteiger partial charge in [-0.15, -0.1) is 0 Å². The van der Waals surface area contributed by atoms with Crippen molar-refractivity contribution >= 4 is 0 Å². The Labute approximate surface area is 128 Å². The average Bonchev–Trinajstić information content (AvgIpc) is 2.51. The van der Waals surface area contributed by atoms with E-state index in [1.807, 2.05) is 6.07 Å². The summed E-state index contributed by atoms with van der Waals surface area (Å²) in [6.45, 7) is 8.71. The van der Waals surface area contributed by atoms with E-state index in [-0.39, 0.29) is 12.6 Å². The van der Waals surface area contributed by atoms with Crippen molar-refractivity contribution in [1.29, 1.82) is 0 Å². The lowest BCUT2D eigenvalue weighted by Gasteiger charge is -2.18. The SMILES string of the molecule is CCCOc1ccc(C(C)NCCCO)cc1OCCC. The van der Waals surface area contributed by atoms with E-state index in [1.165, 1.54) is 5.56 Å². The molecule has 0 heterocycles. The van der Waals surface area contributed by atoms with Crippen molar-refractivity contribution in [2.24, 2.45) is 0 Å². The number of ether oxygens (including phenoxy) is 2. The van der Waals surface area contributed by atoms with E-state index >= 15 is 0 Å². The maximum atomic E-state index is 8.83. The molecule has 0 radical (unpaired) electrons. The van der Waals surface area contributed by atoms with Gasteiger partial charge in [0.1, 0.15) is 0 Å². The van der Waals surface area contributed by atoms with Crippen LogP contribution in [-0.2, 0) is 0 Å². The minimum atomic E-state index is 0.217. The lowest BCUT2D eigenvalue weighted by molar-refractivity contribution is 0.267. The molecule has 0 fully saturated rings. The second kappa shape index (κ2) is 10.5. The van der Waals surface area contributed by atoms with Crippen LogP contribution >= 0.6 is 0 Å². The third kappa shape index (κ3) is 6.36. The van der Waals surface area contributed by atoms with Crippen LogP contribution in [0.25, 0.3) is 0 Å². The molecule has 1 atom stereocenters. The molecule has 0 saturated carbocycles. The molecule has 4 nitrogen and oxygen atoms in total. The fraction of sp³-hybridized carbons (Fsp3) is 0.647. The summed E-state index contributed by atoms with van der Waals surface area (Å²) in [5.74, 6) is 1.63. The van der Waals surface area contributed by atoms with Gasteiger partial charge in [0, 0.05) is 12.6 Å². The number of aliphatic hydroxyl groups is 1. The molecule has 1 unspecified atom stereocenters. The Balaban J connectivity index is 2.76. The Kier molecular flexibility index (Phi) is 8.87. The van der Waals surface area contributed by atoms with Gasteiger partial charge < -0.3 is 19.9 Å². The van der Waals surface area contributed by atoms with Crippen LogP contribution in [0.2, 0.25) is 0 Å². The van der Waals surface area contributed by atoms with E-state index < -0.39 is 0 Å². The minimum absolute atomic E-state index is 0.217. The standard InChI is InChI=1S/C17H29NO3/c1-4-11-20-16-8-7-15(13-17(16)21-12-5-2)14(3)18-9-6-10-19/h7-8,13-14,18-19H,4-6,9-12H2,1-3H3. The first-order chi connectivity index (χ1) is 10.2. The first-order valence-electron chi connectivity index (χ1n) is 7.96. The summed E-state index contributed by atoms with van der Waals surface area (Å²) >= 11 is 0. The van der Waals surface area contributed by atoms with Crippen molar-refractivity contribution in [3.05, 3.63) is 23.8 Å². The summed E-state index contributed by atoms with van der Waals surface area (Å²) in [6, 6.07) is 6.33. The largest absolute Gasteiger partial charge is 0.490 e. The van der Waals surface area contributed by atoms with Crippen molar-refractivity contribution in [2.45, 2.75) is 46.1 Å². The van der Waals surface area contributed by atoms with Crippen molar-refractivity contribution in [3.8, 4) is 11.5 Å². The summed E-state index contributed by atoms with van der Waals surface area (Å²) in [7, 11) is 0. The summed E-state index contributed by atoms with van der Waals surface area (Å²) in [5.41, 5.74) is 1.17. The molecule has 0 spiro atoms. The number of nitrogens with one attached hydrogen (secondary N) is 1. The third-order valence-electron chi connectivity index (χ3n) is 3.18. The lowest BCUT2D eigenvalue weighted by atomic mass is 10.1. The van der Waals surface area contributed by atoms with Gasteiger partial charge in [0.15, 0.2) is 11.5 Å². The maximum absolute atomic E-state index is 8.83. The molecular weight excluding hydrogens is 266 g/mol. The molecule has 1 rings (SSSR count). The number of hydrogen-bond donors (Lipinski definition) is 2. The number of aliphatic hydroxyl groups excluding tert-OH is 1. The van der Waals surface area contributed by atoms with Crippen LogP contribution in [0, 0.1) is 0 Å². The molecule has 0 saturated heterocycles. The molecule has 2 N–H and O–H groups in total. The number of rotatable bonds is 11. The lowest BCUT2D eigenvalue weighted by Crippen LogP contribution is -2.20. The zero-order valence-electron chi connectivity index (χ0n) is 13.5. The van der Waals surface area contributed by atoms with E-state index in [1.54, 1.807) is 0 Å². The van der Waals surface area contributed by atoms with Crippen LogP contribution < -0.4 is 14.8 Å². The number of benzene rings is 1. The van der Waals surface area contributed by atoms with Gasteiger partial charge in [0.05, 0.1) is 13.2 Å². The van der Waals surface area contributed by atoms with Gasteiger partial charge in [0.25, 0.3) is 0 Å². The highest BCUT2D eigenvalue weighted by Crippen LogP contribution is 2.31. The Morgan fingerprint density at radius 1 is 1.10 bits per heavy atom. The van der Waals surface area contributed by atoms with Crippen LogP contribution in [0.4, 0.5) is 0 Å². The van der Waals surface area contributed by atoms with Gasteiger partial charge in [-0.2, -0.15) is 0 Å². The van der Waals surface area contributed by atoms with E-state index in [9.17, 15) is 0 Å². The normalized spacial score (nSPS) is 12.2. The second-order valence-corrected chi connectivity index (χ2v) is 5.16. The van der Waals surface area contributed by atoms with Crippen LogP contribution in [0.3, 0.4) is 0 Å². The van der Waals surface area contributed by atoms with Gasteiger partial charge in [-0.05, 0) is 50.4 Å². The smallest absolute Gasteiger partial charge is 0.161 e. The predicted molar refractivity (Wildman–Crippen MR) is 86.1 cm³/mol. The molecule has 0 aromatic heterocycles. The molecule has 1 aromatic carbocycles. The highest BCUT2D eigenvalue weighted by molar-refractivity contribution is 5.43. The zero-order valence-corrected chi connectivity index (χ0v) is 13.5. The summed E-state index contributed by atoms with van der Waals surface area (Å²) in [6.07, 6.45) is 2.72. The van der Waals surface area contributed by atoms with Crippen molar-refractivity contribution in [3.63, 3.8) is 0 Å². The van der Waals surface area contributed by atoms with Crippen LogP contribution in [-0.4, -0.2) is 31.5 Å². The third-order valence-corrected chi connectivity index (χ3v) is 3.18. The zero-order chi connectivity index (χ0) is 15.5. The van der Waals surface area contributed by atoms with Crippen molar-refractivity contribution < 1.29 is 14.6 Å². The second-order valence-electron chi connectivity index (χ2n) is 5.16. The summed E-state index contributed by atoms with van der Waals surface area (Å²) < 4.78 is 11.5. The molecule has 21 heavy (non-hydrogen) atoms. The van der Waals surface area contributed by atoms with E-state index in [4.69, 9.17) is 14.6 Å². The van der Waals surface area contributed by atoms with Gasteiger partial charge in [-0.3, -0.25) is 0 Å². The molecular formula is C17H29NO3. The molecule has 0 aliphatic rings. The highest BCUT2D eigenvalue weighted by Gasteiger charge is 2.10. The first-order valence-corrected chi connectivity index (χ1v) is 7.96. The van der Waals surface area contributed by atoms with Gasteiger partial charge in [-0.25, -0.2) is 0 Å². The predicted octanol–water partition coefficient (Wildman–Crippen LogP) is 3.30. The molecule has 4 heteroatoms. The molecule has 120 valence electrons. The topological polar surface area (TPSA) is 50.7 Å². The fourth-order valence-electron chi connectivity index (χ4n) is 1.97. The maximum Gasteiger partial charge on any atom is 0.161 e. The van der Waals surface area contributed by atoms with Gasteiger partial charge in [-0.1, -0.05) is 19.9 Å². The Morgan fingerprint density at radius 2 is 1.76 bits per heavy atom. The van der Waals surface area contributed by atoms with Gasteiger partial charge in [0.2, 0.25) is 0 Å². The number of hydrogen-bond acceptors (Lipinski definition) is 4. The Morgan fingerprint density at radius 3 is 2.38 bits per heavy atom. The fourth-order valence-corrected chi connectivity index (χ4v) is 1.97. The summed E-state index contributed by atoms with van der Waals surface area (Å²) in [4.78, 5) is 0. The summed E-state index contributed by atoms with van der Waals surface area (Å²) in [5, 5.41) is 12.2. The molecule has 1 aromatic rings. The Bertz CT molecular complexity index is 396. The molecule has 0 amide bonds. The van der Waals surface area contributed by atoms with E-state index in [2.05, 4.69) is 38.2 Å². The highest BCUT2D eigenvalue weighted by atomic mass is 16.5. The van der Waals surface area contributed by atoms with Crippen LogP contribution in [0.15, 0.2) is 18.2 Å². The quantitative estimate of drug-likeness (QED) is 0.615. The molecule has 0 aliphatic heterocycles. The van der Waals surface area contributed by atoms with Crippen molar-refractivity contribution in [2.75, 3.05) is 26.4 Å². The van der Waals surface area contributed by atoms with Crippen molar-refractivity contribution in [1.82, 2.24) is 5.32 Å². The Hall–Kier alpha value is -1.26. The monoisotopic (exact) mass is 295 g/mol. The van der Waals surface area contributed by atoms with E-state index in [0.29, 0.717) is 13.2 Å². The minimum Gasteiger partial charge on any atom is -0.490 e. The molecule has 0 bridgehead atoms. The molecule has 0 aliphatic carbocycles. The van der Waals surface area contributed by atoms with E-state index in [0.717, 1.165) is 37.3 Å². The van der Waals surface area contributed by atoms with Crippen LogP contribution in [0.5, 0.6) is 11.5 Å². The van der Waals surface area contributed by atoms with Gasteiger partial charge >= 0.3 is 0 Å². The average molecular weight is 295 g/mol. The first kappa shape index (κ1) is 17.8.